The topological polar surface area (TPSA) is 48.5 Å². The number of anilines is 2. The molecule has 1 aromatic heterocycles. The van der Waals surface area contributed by atoms with Crippen molar-refractivity contribution >= 4 is 17.4 Å². The lowest BCUT2D eigenvalue weighted by Crippen LogP contribution is -2.31. The van der Waals surface area contributed by atoms with Crippen LogP contribution in [0.5, 0.6) is 0 Å². The molecule has 9 heteroatoms. The third-order valence-electron chi connectivity index (χ3n) is 5.45. The average Bonchev–Trinajstić information content (AvgIpc) is 3.01. The molecule has 1 aliphatic rings. The van der Waals surface area contributed by atoms with E-state index < -0.39 is 29.2 Å². The van der Waals surface area contributed by atoms with Gasteiger partial charge in [0.15, 0.2) is 0 Å². The third-order valence-corrected chi connectivity index (χ3v) is 5.45. The van der Waals surface area contributed by atoms with Crippen LogP contribution in [0.15, 0.2) is 54.7 Å². The zero-order valence-corrected chi connectivity index (χ0v) is 17.7. The molecule has 1 fully saturated rings. The van der Waals surface area contributed by atoms with E-state index >= 15 is 0 Å². The molecule has 1 amide bonds. The highest BCUT2D eigenvalue weighted by atomic mass is 19.1. The Bertz CT molecular complexity index is 1120. The first-order chi connectivity index (χ1) is 15.9. The SMILES string of the molecule is O=C(Nc1ccc(N2CCCN(Cc3ccc(F)cc3F)CC2)nc1)c1cc(F)cc(F)c1. The van der Waals surface area contributed by atoms with E-state index in [1.165, 1.54) is 18.3 Å². The molecule has 1 saturated heterocycles. The van der Waals surface area contributed by atoms with E-state index in [1.54, 1.807) is 12.1 Å². The molecule has 5 nitrogen and oxygen atoms in total. The standard InChI is InChI=1S/C24H22F4N4O/c25-18-3-2-16(22(28)13-18)15-31-6-1-7-32(9-8-31)23-5-4-21(14-29-23)30-24(33)17-10-19(26)12-20(27)11-17/h2-5,10-14H,1,6-9,15H2,(H,30,33). The maximum absolute atomic E-state index is 14.0. The molecule has 0 saturated carbocycles. The van der Waals surface area contributed by atoms with Crippen LogP contribution in [0.25, 0.3) is 0 Å². The van der Waals surface area contributed by atoms with Crippen LogP contribution in [0.1, 0.15) is 22.3 Å². The molecule has 4 rings (SSSR count). The molecule has 1 N–H and O–H groups in total. The Hall–Kier alpha value is -3.46. The van der Waals surface area contributed by atoms with Gasteiger partial charge in [-0.1, -0.05) is 6.07 Å². The zero-order valence-electron chi connectivity index (χ0n) is 17.7. The normalized spacial score (nSPS) is 14.7. The molecule has 33 heavy (non-hydrogen) atoms. The minimum absolute atomic E-state index is 0.123. The van der Waals surface area contributed by atoms with Gasteiger partial charge in [-0.05, 0) is 36.8 Å². The fourth-order valence-corrected chi connectivity index (χ4v) is 3.78. The van der Waals surface area contributed by atoms with E-state index in [0.29, 0.717) is 37.0 Å². The number of benzene rings is 2. The predicted octanol–water partition coefficient (Wildman–Crippen LogP) is 4.60. The summed E-state index contributed by atoms with van der Waals surface area (Å²) in [7, 11) is 0. The summed E-state index contributed by atoms with van der Waals surface area (Å²) >= 11 is 0. The maximum atomic E-state index is 14.0. The smallest absolute Gasteiger partial charge is 0.255 e. The Morgan fingerprint density at radius 2 is 1.67 bits per heavy atom. The Labute approximate surface area is 188 Å². The second-order valence-corrected chi connectivity index (χ2v) is 7.87. The van der Waals surface area contributed by atoms with Crippen LogP contribution in [-0.4, -0.2) is 42.0 Å². The van der Waals surface area contributed by atoms with E-state index in [0.717, 1.165) is 43.5 Å². The summed E-state index contributed by atoms with van der Waals surface area (Å²) < 4.78 is 53.8. The van der Waals surface area contributed by atoms with Gasteiger partial charge in [0.25, 0.3) is 5.91 Å². The molecule has 2 aromatic carbocycles. The highest BCUT2D eigenvalue weighted by Gasteiger charge is 2.18. The van der Waals surface area contributed by atoms with Gasteiger partial charge in [-0.3, -0.25) is 9.69 Å². The summed E-state index contributed by atoms with van der Waals surface area (Å²) in [5, 5.41) is 2.58. The van der Waals surface area contributed by atoms with Crippen LogP contribution in [0.4, 0.5) is 29.1 Å². The Balaban J connectivity index is 1.35. The third kappa shape index (κ3) is 5.87. The fourth-order valence-electron chi connectivity index (χ4n) is 3.78. The molecule has 3 aromatic rings. The van der Waals surface area contributed by atoms with E-state index in [4.69, 9.17) is 0 Å². The van der Waals surface area contributed by atoms with Crippen LogP contribution in [-0.2, 0) is 6.54 Å². The van der Waals surface area contributed by atoms with Crippen molar-refractivity contribution < 1.29 is 22.4 Å². The largest absolute Gasteiger partial charge is 0.355 e. The summed E-state index contributed by atoms with van der Waals surface area (Å²) in [5.74, 6) is -2.71. The summed E-state index contributed by atoms with van der Waals surface area (Å²) in [6.07, 6.45) is 2.33. The van der Waals surface area contributed by atoms with Crippen molar-refractivity contribution in [1.82, 2.24) is 9.88 Å². The molecule has 2 heterocycles. The van der Waals surface area contributed by atoms with Gasteiger partial charge in [0, 0.05) is 56.0 Å². The minimum atomic E-state index is -0.828. The number of carbonyl (C=O) groups is 1. The van der Waals surface area contributed by atoms with Crippen molar-refractivity contribution in [1.29, 1.82) is 0 Å². The summed E-state index contributed by atoms with van der Waals surface area (Å²) in [6.45, 7) is 3.28. The summed E-state index contributed by atoms with van der Waals surface area (Å²) in [4.78, 5) is 20.9. The molecule has 0 aliphatic carbocycles. The van der Waals surface area contributed by atoms with E-state index in [2.05, 4.69) is 20.1 Å². The zero-order chi connectivity index (χ0) is 23.4. The highest BCUT2D eigenvalue weighted by Crippen LogP contribution is 2.19. The van der Waals surface area contributed by atoms with Crippen molar-refractivity contribution in [3.63, 3.8) is 0 Å². The maximum Gasteiger partial charge on any atom is 0.255 e. The van der Waals surface area contributed by atoms with Crippen LogP contribution >= 0.6 is 0 Å². The van der Waals surface area contributed by atoms with E-state index in [9.17, 15) is 22.4 Å². The van der Waals surface area contributed by atoms with Crippen molar-refractivity contribution in [3.05, 3.63) is 89.1 Å². The lowest BCUT2D eigenvalue weighted by atomic mass is 10.2. The molecule has 0 spiro atoms. The molecule has 0 bridgehead atoms. The predicted molar refractivity (Wildman–Crippen MR) is 117 cm³/mol. The number of amides is 1. The van der Waals surface area contributed by atoms with E-state index in [1.807, 2.05) is 0 Å². The molecular formula is C24H22F4N4O. The fraction of sp³-hybridized carbons (Fsp3) is 0.250. The number of hydrogen-bond acceptors (Lipinski definition) is 4. The monoisotopic (exact) mass is 458 g/mol. The first-order valence-electron chi connectivity index (χ1n) is 10.5. The Morgan fingerprint density at radius 3 is 2.36 bits per heavy atom. The van der Waals surface area contributed by atoms with Crippen molar-refractivity contribution in [3.8, 4) is 0 Å². The molecule has 1 aliphatic heterocycles. The van der Waals surface area contributed by atoms with Gasteiger partial charge in [-0.2, -0.15) is 0 Å². The number of aromatic nitrogens is 1. The number of nitrogens with one attached hydrogen (secondary N) is 1. The summed E-state index contributed by atoms with van der Waals surface area (Å²) in [6, 6.07) is 9.68. The number of pyridine rings is 1. The second-order valence-electron chi connectivity index (χ2n) is 7.87. The summed E-state index contributed by atoms with van der Waals surface area (Å²) in [5.41, 5.74) is 0.736. The molecular weight excluding hydrogens is 436 g/mol. The first kappa shape index (κ1) is 22.7. The number of carbonyl (C=O) groups excluding carboxylic acids is 1. The van der Waals surface area contributed by atoms with Crippen LogP contribution in [0, 0.1) is 23.3 Å². The Morgan fingerprint density at radius 1 is 0.879 bits per heavy atom. The lowest BCUT2D eigenvalue weighted by Gasteiger charge is -2.23. The molecule has 0 radical (unpaired) electrons. The minimum Gasteiger partial charge on any atom is -0.355 e. The average molecular weight is 458 g/mol. The lowest BCUT2D eigenvalue weighted by molar-refractivity contribution is 0.102. The van der Waals surface area contributed by atoms with Crippen molar-refractivity contribution in [2.24, 2.45) is 0 Å². The molecule has 0 unspecified atom stereocenters. The Kier molecular flexibility index (Phi) is 6.88. The van der Waals surface area contributed by atoms with Gasteiger partial charge in [0.1, 0.15) is 29.1 Å². The number of rotatable bonds is 5. The van der Waals surface area contributed by atoms with E-state index in [-0.39, 0.29) is 5.56 Å². The van der Waals surface area contributed by atoms with Gasteiger partial charge in [-0.15, -0.1) is 0 Å². The van der Waals surface area contributed by atoms with Crippen molar-refractivity contribution in [2.75, 3.05) is 36.4 Å². The van der Waals surface area contributed by atoms with Crippen LogP contribution in [0.3, 0.4) is 0 Å². The molecule has 172 valence electrons. The van der Waals surface area contributed by atoms with Crippen LogP contribution < -0.4 is 10.2 Å². The highest BCUT2D eigenvalue weighted by molar-refractivity contribution is 6.04. The number of hydrogen-bond donors (Lipinski definition) is 1. The van der Waals surface area contributed by atoms with Gasteiger partial charge in [0.2, 0.25) is 0 Å². The van der Waals surface area contributed by atoms with Gasteiger partial charge < -0.3 is 10.2 Å². The van der Waals surface area contributed by atoms with Gasteiger partial charge in [0.05, 0.1) is 11.9 Å². The molecule has 0 atom stereocenters. The first-order valence-corrected chi connectivity index (χ1v) is 10.5. The van der Waals surface area contributed by atoms with Gasteiger partial charge >= 0.3 is 0 Å². The van der Waals surface area contributed by atoms with Gasteiger partial charge in [-0.25, -0.2) is 22.5 Å². The van der Waals surface area contributed by atoms with Crippen LogP contribution in [0.2, 0.25) is 0 Å². The quantitative estimate of drug-likeness (QED) is 0.568. The second kappa shape index (κ2) is 9.99. The number of nitrogens with zero attached hydrogens (tertiary/aromatic N) is 3. The number of halogens is 4. The van der Waals surface area contributed by atoms with Crippen molar-refractivity contribution in [2.45, 2.75) is 13.0 Å².